The zero-order valence-corrected chi connectivity index (χ0v) is 63.7. The fraction of sp³-hybridized carbons (Fsp3) is 0.667. The van der Waals surface area contributed by atoms with Crippen molar-refractivity contribution in [1.29, 1.82) is 0 Å². The third-order valence-corrected chi connectivity index (χ3v) is 16.9. The molecule has 38 heteroatoms. The number of aliphatic carboxylic acids is 2. The molecule has 25 N–H and O–H groups in total. The van der Waals surface area contributed by atoms with Crippen LogP contribution in [0.15, 0.2) is 24.3 Å². The minimum Gasteiger partial charge on any atom is -0.508 e. The van der Waals surface area contributed by atoms with Gasteiger partial charge in [-0.2, -0.15) is 11.8 Å². The summed E-state index contributed by atoms with van der Waals surface area (Å²) in [5.74, 6) is -19.4. The Balaban J connectivity index is 3.77. The van der Waals surface area contributed by atoms with Gasteiger partial charge in [-0.05, 0) is 130 Å². The smallest absolute Gasteiger partial charge is 0.326 e. The van der Waals surface area contributed by atoms with Gasteiger partial charge in [-0.15, -0.1) is 0 Å². The number of benzene rings is 1. The fourth-order valence-corrected chi connectivity index (χ4v) is 11.2. The first-order valence-corrected chi connectivity index (χ1v) is 37.0. The molecule has 0 spiro atoms. The van der Waals surface area contributed by atoms with E-state index in [-0.39, 0.29) is 80.6 Å². The lowest BCUT2D eigenvalue weighted by Gasteiger charge is -2.29. The highest BCUT2D eigenvalue weighted by molar-refractivity contribution is 7.98. The minimum atomic E-state index is -1.86. The van der Waals surface area contributed by atoms with Crippen molar-refractivity contribution >= 4 is 112 Å². The van der Waals surface area contributed by atoms with Gasteiger partial charge in [0.1, 0.15) is 72.2 Å². The second-order valence-corrected chi connectivity index (χ2v) is 29.3. The minimum absolute atomic E-state index is 0.0350. The molecule has 0 unspecified atom stereocenters. The normalized spacial score (nSPS) is 14.6. The summed E-state index contributed by atoms with van der Waals surface area (Å²) >= 11 is 1.47. The number of phenols is 1. The highest BCUT2D eigenvalue weighted by atomic mass is 32.2. The zero-order chi connectivity index (χ0) is 81.5. The molecule has 0 aliphatic carbocycles. The molecule has 12 atom stereocenters. The van der Waals surface area contributed by atoms with Gasteiger partial charge in [0, 0.05) is 19.3 Å². The number of hydrogen-bond acceptors (Lipinski definition) is 21. The molecular weight excluding hydrogens is 1420 g/mol. The summed E-state index contributed by atoms with van der Waals surface area (Å²) < 4.78 is 0. The van der Waals surface area contributed by atoms with E-state index in [4.69, 9.17) is 28.7 Å². The Labute approximate surface area is 627 Å². The Morgan fingerprint density at radius 1 is 0.411 bits per heavy atom. The number of hydrogen-bond donors (Lipinski definition) is 20. The van der Waals surface area contributed by atoms with Crippen molar-refractivity contribution in [1.82, 2.24) is 63.8 Å². The van der Waals surface area contributed by atoms with Gasteiger partial charge in [0.15, 0.2) is 0 Å². The number of phenolic OH excluding ortho intramolecular Hbond substituents is 1. The number of nitrogens with two attached hydrogens (primary N) is 5. The van der Waals surface area contributed by atoms with Crippen LogP contribution in [0.2, 0.25) is 0 Å². The number of carbonyl (C=O) groups is 17. The van der Waals surface area contributed by atoms with Crippen molar-refractivity contribution in [2.75, 3.05) is 25.1 Å². The van der Waals surface area contributed by atoms with Crippen molar-refractivity contribution < 1.29 is 96.8 Å². The van der Waals surface area contributed by atoms with Gasteiger partial charge < -0.3 is 108 Å². The highest BCUT2D eigenvalue weighted by Gasteiger charge is 2.39. The number of nitrogens with one attached hydrogen (secondary N) is 12. The quantitative estimate of drug-likeness (QED) is 0.0280. The van der Waals surface area contributed by atoms with Gasteiger partial charge in [0.25, 0.3) is 0 Å². The van der Waals surface area contributed by atoms with Gasteiger partial charge in [-0.25, -0.2) is 4.79 Å². The van der Waals surface area contributed by atoms with Crippen LogP contribution in [0, 0.1) is 29.6 Å². The summed E-state index contributed by atoms with van der Waals surface area (Å²) in [6.45, 7) is 16.2. The maximum absolute atomic E-state index is 14.6. The van der Waals surface area contributed by atoms with E-state index in [1.165, 1.54) is 36.0 Å². The number of carboxylic acid groups (broad SMARTS) is 2. The van der Waals surface area contributed by atoms with Gasteiger partial charge in [-0.3, -0.25) is 76.7 Å². The molecule has 0 aromatic heterocycles. The number of thioether (sulfide) groups is 1. The Morgan fingerprint density at radius 3 is 1.12 bits per heavy atom. The largest absolute Gasteiger partial charge is 0.508 e. The SMILES string of the molecule is CSCC[C@H](N)C(=O)NCC(=O)N[C@@H](CC(C)C)C(=O)N[C@@H](CCC(N)=O)C(=O)N[C@@H](CC(C)C)C(=O)N[C@@H](CC(N)=O)C(=O)N[C@@H](CC(C)C)C(=O)N[C@@H](CCCCN)C(=O)N[C@@H](CCC(=O)O)C(=O)N[C@@H](Cc1ccc(O)cc1)C(=O)N[C@@H](CC(N)=O)C(=O)N[C@@H](CC(C)C)C(=O)N[C@H](C(=O)O)C(C)C. The van der Waals surface area contributed by atoms with Crippen molar-refractivity contribution in [3.63, 3.8) is 0 Å². The van der Waals surface area contributed by atoms with E-state index in [1.54, 1.807) is 69.2 Å². The van der Waals surface area contributed by atoms with E-state index in [2.05, 4.69) is 63.8 Å². The predicted molar refractivity (Wildman–Crippen MR) is 393 cm³/mol. The summed E-state index contributed by atoms with van der Waals surface area (Å²) in [5, 5.41) is 59.3. The maximum atomic E-state index is 14.6. The van der Waals surface area contributed by atoms with Crippen molar-refractivity contribution in [2.24, 2.45) is 58.3 Å². The number of carboxylic acids is 2. The second-order valence-electron chi connectivity index (χ2n) is 28.3. The molecule has 0 saturated heterocycles. The summed E-state index contributed by atoms with van der Waals surface area (Å²) in [5.41, 5.74) is 28.6. The number of aromatic hydroxyl groups is 1. The van der Waals surface area contributed by atoms with Crippen LogP contribution in [0.4, 0.5) is 0 Å². The molecule has 0 bridgehead atoms. The summed E-state index contributed by atoms with van der Waals surface area (Å²) in [7, 11) is 0. The Morgan fingerprint density at radius 2 is 0.757 bits per heavy atom. The van der Waals surface area contributed by atoms with Gasteiger partial charge in [0.05, 0.1) is 25.4 Å². The molecule has 0 aliphatic rings. The monoisotopic (exact) mass is 1530 g/mol. The van der Waals surface area contributed by atoms with Crippen LogP contribution >= 0.6 is 11.8 Å². The molecule has 0 radical (unpaired) electrons. The number of rotatable bonds is 53. The van der Waals surface area contributed by atoms with Crippen molar-refractivity contribution in [3.8, 4) is 5.75 Å². The first-order valence-electron chi connectivity index (χ1n) is 35.6. The van der Waals surface area contributed by atoms with Gasteiger partial charge in [0.2, 0.25) is 88.6 Å². The molecule has 1 aromatic rings. The topological polar surface area (TPSA) is 625 Å². The Hall–Kier alpha value is -9.72. The summed E-state index contributed by atoms with van der Waals surface area (Å²) in [6.07, 6.45) is -2.40. The van der Waals surface area contributed by atoms with Gasteiger partial charge >= 0.3 is 11.9 Å². The molecule has 0 heterocycles. The first kappa shape index (κ1) is 95.3. The average molecular weight is 1530 g/mol. The van der Waals surface area contributed by atoms with E-state index in [9.17, 15) is 96.8 Å². The number of primary amides is 3. The molecule has 107 heavy (non-hydrogen) atoms. The lowest BCUT2D eigenvalue weighted by molar-refractivity contribution is -0.144. The van der Waals surface area contributed by atoms with E-state index >= 15 is 0 Å². The molecule has 0 aliphatic heterocycles. The molecule has 37 nitrogen and oxygen atoms in total. The summed E-state index contributed by atoms with van der Waals surface area (Å²) in [4.78, 5) is 230. The van der Waals surface area contributed by atoms with Crippen LogP contribution in [0.25, 0.3) is 0 Å². The fourth-order valence-electron chi connectivity index (χ4n) is 10.7. The Kier molecular flexibility index (Phi) is 43.8. The van der Waals surface area contributed by atoms with Crippen LogP contribution in [0.3, 0.4) is 0 Å². The molecule has 0 saturated carbocycles. The average Bonchev–Trinajstić information content (AvgIpc) is 0.853. The highest BCUT2D eigenvalue weighted by Crippen LogP contribution is 2.17. The molecule has 0 fully saturated rings. The molecule has 1 aromatic carbocycles. The predicted octanol–water partition coefficient (Wildman–Crippen LogP) is -3.60. The molecule has 602 valence electrons. The zero-order valence-electron chi connectivity index (χ0n) is 62.9. The van der Waals surface area contributed by atoms with E-state index in [0.717, 1.165) is 0 Å². The van der Waals surface area contributed by atoms with Crippen molar-refractivity contribution in [3.05, 3.63) is 29.8 Å². The summed E-state index contributed by atoms with van der Waals surface area (Å²) in [6, 6.07) is -13.3. The van der Waals surface area contributed by atoms with E-state index in [0.29, 0.717) is 12.2 Å². The molecular formula is C69H115N17O20S. The van der Waals surface area contributed by atoms with Crippen LogP contribution < -0.4 is 92.5 Å². The van der Waals surface area contributed by atoms with Crippen LogP contribution in [-0.4, -0.2) is 213 Å². The van der Waals surface area contributed by atoms with E-state index < -0.39 is 236 Å². The number of amides is 15. The number of unbranched alkanes of at least 4 members (excludes halogenated alkanes) is 1. The van der Waals surface area contributed by atoms with Crippen LogP contribution in [0.5, 0.6) is 5.75 Å². The second kappa shape index (κ2) is 49.2. The molecule has 1 rings (SSSR count). The first-order chi connectivity index (χ1) is 50.0. The van der Waals surface area contributed by atoms with E-state index in [1.807, 2.05) is 6.26 Å². The Bertz CT molecular complexity index is 3190. The van der Waals surface area contributed by atoms with Crippen molar-refractivity contribution in [2.45, 2.75) is 238 Å². The number of carbonyl (C=O) groups excluding carboxylic acids is 15. The molecule has 15 amide bonds. The van der Waals surface area contributed by atoms with Crippen LogP contribution in [-0.2, 0) is 87.9 Å². The third kappa shape index (κ3) is 38.9. The third-order valence-electron chi connectivity index (χ3n) is 16.3. The van der Waals surface area contributed by atoms with Gasteiger partial charge in [-0.1, -0.05) is 81.4 Å². The van der Waals surface area contributed by atoms with Crippen LogP contribution in [0.1, 0.15) is 165 Å². The maximum Gasteiger partial charge on any atom is 0.326 e. The standard InChI is InChI=1S/C69H115N17O20S/c1-34(2)26-45(76-55(91)33-75-58(94)41(71)23-25-107-11)62(98)79-43(19-21-52(72)88)60(96)80-47(28-36(5)6)64(100)84-50(31-53(73)89)66(102)81-46(27-35(3)4)63(99)77-42(14-12-13-24-70)59(95)78-44(20-22-56(92)93)61(97)83-49(30-39-15-17-40(87)18-16-39)65(101)85-51(32-54(74)90)67(103)82-48(29-37(7)8)68(104)86-57(38(9)10)69(105)106/h15-18,34-38,41-51,57,87H,12-14,19-33,70-71H2,1-11H3,(H2,72,88)(H2,73,89)(H2,74,90)(H,75,94)(H,76,91)(H,77,99)(H,78,95)(H,79,98)(H,80,96)(H,81,102)(H,82,103)(H,83,97)(H,84,100)(H,85,101)(H,86,104)(H,92,93)(H,105,106)/t41-,42-,43-,44-,45-,46-,47-,48-,49-,50-,51-,57-/m0/s1. The lowest BCUT2D eigenvalue weighted by atomic mass is 9.99. The lowest BCUT2D eigenvalue weighted by Crippen LogP contribution is -2.61.